The summed E-state index contributed by atoms with van der Waals surface area (Å²) in [6.45, 7) is 1.32. The van der Waals surface area contributed by atoms with Crippen molar-refractivity contribution in [2.75, 3.05) is 25.3 Å². The number of carbonyl (C=O) groups excluding carboxylic acids is 3. The van der Waals surface area contributed by atoms with Crippen molar-refractivity contribution in [3.05, 3.63) is 50.9 Å². The molecule has 0 radical (unpaired) electrons. The molecular weight excluding hydrogens is 470 g/mol. The first-order chi connectivity index (χ1) is 16.3. The fraction of sp³-hybridized carbons (Fsp3) is 0.190. The molecule has 3 amide bonds. The van der Waals surface area contributed by atoms with Gasteiger partial charge in [0, 0.05) is 17.8 Å². The highest BCUT2D eigenvalue weighted by atomic mass is 32.2. The molecule has 13 heteroatoms. The second kappa shape index (κ2) is 9.31. The van der Waals surface area contributed by atoms with Gasteiger partial charge in [0.2, 0.25) is 18.4 Å². The van der Waals surface area contributed by atoms with E-state index in [2.05, 4.69) is 5.32 Å². The van der Waals surface area contributed by atoms with E-state index in [1.54, 1.807) is 25.1 Å². The minimum atomic E-state index is -0.790. The van der Waals surface area contributed by atoms with Gasteiger partial charge in [-0.05, 0) is 48.5 Å². The van der Waals surface area contributed by atoms with Crippen molar-refractivity contribution in [3.8, 4) is 23.0 Å². The predicted molar refractivity (Wildman–Crippen MR) is 120 cm³/mol. The van der Waals surface area contributed by atoms with Gasteiger partial charge in [0.05, 0.1) is 16.4 Å². The lowest BCUT2D eigenvalue weighted by Gasteiger charge is -2.12. The smallest absolute Gasteiger partial charge is 0.315 e. The van der Waals surface area contributed by atoms with Gasteiger partial charge in [-0.2, -0.15) is 0 Å². The first kappa shape index (κ1) is 22.9. The number of fused-ring (bicyclic) bond motifs is 1. The van der Waals surface area contributed by atoms with E-state index in [9.17, 15) is 29.6 Å². The number of nitrogens with zero attached hydrogens (tertiary/aromatic N) is 2. The van der Waals surface area contributed by atoms with E-state index in [1.807, 2.05) is 0 Å². The Kier molecular flexibility index (Phi) is 6.27. The zero-order valence-corrected chi connectivity index (χ0v) is 18.4. The van der Waals surface area contributed by atoms with Crippen LogP contribution in [0, 0.1) is 10.1 Å². The maximum atomic E-state index is 12.7. The summed E-state index contributed by atoms with van der Waals surface area (Å²) >= 11 is 0.588. The van der Waals surface area contributed by atoms with Crippen LogP contribution in [-0.2, 0) is 9.59 Å². The Bertz CT molecular complexity index is 1240. The van der Waals surface area contributed by atoms with Crippen molar-refractivity contribution in [3.63, 3.8) is 0 Å². The van der Waals surface area contributed by atoms with Crippen molar-refractivity contribution in [1.82, 2.24) is 4.90 Å². The van der Waals surface area contributed by atoms with Crippen molar-refractivity contribution >= 4 is 46.3 Å². The minimum Gasteiger partial charge on any atom is -0.500 e. The number of phenolic OH excluding ortho intramolecular Hbond substituents is 1. The molecule has 12 nitrogen and oxygen atoms in total. The molecule has 0 aliphatic carbocycles. The maximum Gasteiger partial charge on any atom is 0.315 e. The van der Waals surface area contributed by atoms with Gasteiger partial charge in [0.25, 0.3) is 11.1 Å². The molecule has 2 aliphatic rings. The van der Waals surface area contributed by atoms with Gasteiger partial charge < -0.3 is 24.6 Å². The van der Waals surface area contributed by atoms with Crippen molar-refractivity contribution < 1.29 is 38.6 Å². The summed E-state index contributed by atoms with van der Waals surface area (Å²) in [5.41, 5.74) is -0.0422. The average Bonchev–Trinajstić information content (AvgIpc) is 3.35. The highest BCUT2D eigenvalue weighted by molar-refractivity contribution is 8.18. The number of hydrogen-bond acceptors (Lipinski definition) is 10. The monoisotopic (exact) mass is 487 g/mol. The van der Waals surface area contributed by atoms with E-state index >= 15 is 0 Å². The van der Waals surface area contributed by atoms with Crippen LogP contribution in [0.1, 0.15) is 12.5 Å². The minimum absolute atomic E-state index is 0.0386. The van der Waals surface area contributed by atoms with Crippen LogP contribution in [0.25, 0.3) is 6.08 Å². The maximum absolute atomic E-state index is 12.7. The lowest BCUT2D eigenvalue weighted by Crippen LogP contribution is -2.36. The molecule has 0 spiro atoms. The second-order valence-electron chi connectivity index (χ2n) is 6.96. The third-order valence-electron chi connectivity index (χ3n) is 4.70. The number of nitrogens with one attached hydrogen (secondary N) is 1. The number of rotatable bonds is 7. The molecule has 0 bridgehead atoms. The molecule has 0 aromatic heterocycles. The molecule has 2 aliphatic heterocycles. The van der Waals surface area contributed by atoms with Crippen LogP contribution < -0.4 is 19.5 Å². The number of imide groups is 1. The number of nitro groups is 1. The Morgan fingerprint density at radius 3 is 2.79 bits per heavy atom. The number of anilines is 1. The normalized spacial score (nSPS) is 15.7. The fourth-order valence-corrected chi connectivity index (χ4v) is 4.05. The summed E-state index contributed by atoms with van der Waals surface area (Å²) in [6, 6.07) is 7.13. The Labute approximate surface area is 196 Å². The predicted octanol–water partition coefficient (Wildman–Crippen LogP) is 3.10. The molecule has 1 saturated heterocycles. The van der Waals surface area contributed by atoms with E-state index in [1.165, 1.54) is 12.1 Å². The number of hydrogen-bond donors (Lipinski definition) is 2. The molecule has 0 saturated carbocycles. The fourth-order valence-electron chi connectivity index (χ4n) is 3.21. The van der Waals surface area contributed by atoms with Crippen LogP contribution in [0.2, 0.25) is 0 Å². The van der Waals surface area contributed by atoms with Crippen molar-refractivity contribution in [2.24, 2.45) is 0 Å². The molecule has 0 unspecified atom stereocenters. The molecule has 2 heterocycles. The van der Waals surface area contributed by atoms with E-state index < -0.39 is 40.0 Å². The van der Waals surface area contributed by atoms with Crippen molar-refractivity contribution in [1.29, 1.82) is 0 Å². The summed E-state index contributed by atoms with van der Waals surface area (Å²) in [4.78, 5) is 48.7. The van der Waals surface area contributed by atoms with Gasteiger partial charge in [-0.1, -0.05) is 0 Å². The van der Waals surface area contributed by atoms with Gasteiger partial charge in [0.15, 0.2) is 17.2 Å². The zero-order valence-electron chi connectivity index (χ0n) is 17.6. The van der Waals surface area contributed by atoms with Crippen LogP contribution in [-0.4, -0.2) is 51.9 Å². The number of aromatic hydroxyl groups is 1. The van der Waals surface area contributed by atoms with Gasteiger partial charge in [0.1, 0.15) is 6.54 Å². The van der Waals surface area contributed by atoms with Crippen LogP contribution >= 0.6 is 11.8 Å². The molecule has 1 fully saturated rings. The number of benzene rings is 2. The van der Waals surface area contributed by atoms with E-state index in [0.29, 0.717) is 28.9 Å². The summed E-state index contributed by atoms with van der Waals surface area (Å²) in [5, 5.41) is 23.2. The van der Waals surface area contributed by atoms with Crippen molar-refractivity contribution in [2.45, 2.75) is 6.92 Å². The number of nitro benzene ring substituents is 1. The standard InChI is InChI=1S/C21H17N3O9S/c1-2-31-16-6-11(5-13(19(16)26)24(29)30)7-17-20(27)23(21(28)34-17)9-18(25)22-12-3-4-14-15(8-12)33-10-32-14/h3-8,26H,2,9-10H2,1H3,(H,22,25)/b17-7-. The Morgan fingerprint density at radius 1 is 1.29 bits per heavy atom. The Morgan fingerprint density at radius 2 is 2.06 bits per heavy atom. The molecule has 2 aromatic rings. The first-order valence-electron chi connectivity index (χ1n) is 9.86. The van der Waals surface area contributed by atoms with Crippen LogP contribution in [0.4, 0.5) is 16.2 Å². The van der Waals surface area contributed by atoms with Gasteiger partial charge in [-0.25, -0.2) is 0 Å². The van der Waals surface area contributed by atoms with Crippen LogP contribution in [0.3, 0.4) is 0 Å². The number of carbonyl (C=O) groups is 3. The quantitative estimate of drug-likeness (QED) is 0.338. The lowest BCUT2D eigenvalue weighted by atomic mass is 10.1. The number of phenols is 1. The Balaban J connectivity index is 1.50. The molecule has 34 heavy (non-hydrogen) atoms. The SMILES string of the molecule is CCOc1cc(/C=C2\SC(=O)N(CC(=O)Nc3ccc4c(c3)OCO4)C2=O)cc([N+](=O)[O-])c1O. The van der Waals surface area contributed by atoms with E-state index in [4.69, 9.17) is 14.2 Å². The van der Waals surface area contributed by atoms with E-state index in [0.717, 1.165) is 11.0 Å². The highest BCUT2D eigenvalue weighted by Crippen LogP contribution is 2.39. The highest BCUT2D eigenvalue weighted by Gasteiger charge is 2.36. The summed E-state index contributed by atoms with van der Waals surface area (Å²) in [6.07, 6.45) is 1.26. The van der Waals surface area contributed by atoms with E-state index in [-0.39, 0.29) is 29.6 Å². The molecule has 2 N–H and O–H groups in total. The number of thioether (sulfide) groups is 1. The lowest BCUT2D eigenvalue weighted by molar-refractivity contribution is -0.386. The zero-order chi connectivity index (χ0) is 24.4. The summed E-state index contributed by atoms with van der Waals surface area (Å²) in [7, 11) is 0. The van der Waals surface area contributed by atoms with Gasteiger partial charge >= 0.3 is 5.69 Å². The summed E-state index contributed by atoms with van der Waals surface area (Å²) in [5.74, 6) is -1.12. The molecule has 2 aromatic carbocycles. The molecule has 0 atom stereocenters. The molecule has 4 rings (SSSR count). The number of ether oxygens (including phenoxy) is 3. The van der Waals surface area contributed by atoms with Gasteiger partial charge in [-0.15, -0.1) is 0 Å². The Hall–Kier alpha value is -4.26. The van der Waals surface area contributed by atoms with Crippen LogP contribution in [0.15, 0.2) is 35.2 Å². The largest absolute Gasteiger partial charge is 0.500 e. The molecular formula is C21H17N3O9S. The van der Waals surface area contributed by atoms with Crippen LogP contribution in [0.5, 0.6) is 23.0 Å². The first-order valence-corrected chi connectivity index (χ1v) is 10.7. The number of amides is 3. The molecule has 176 valence electrons. The third-order valence-corrected chi connectivity index (χ3v) is 5.61. The van der Waals surface area contributed by atoms with Gasteiger partial charge in [-0.3, -0.25) is 29.4 Å². The summed E-state index contributed by atoms with van der Waals surface area (Å²) < 4.78 is 15.7. The average molecular weight is 487 g/mol. The second-order valence-corrected chi connectivity index (χ2v) is 7.95. The topological polar surface area (TPSA) is 158 Å². The third kappa shape index (κ3) is 4.59.